The van der Waals surface area contributed by atoms with Crippen LogP contribution in [0.4, 0.5) is 5.82 Å². The van der Waals surface area contributed by atoms with Gasteiger partial charge in [-0.15, -0.1) is 0 Å². The van der Waals surface area contributed by atoms with E-state index in [1.54, 1.807) is 0 Å². The summed E-state index contributed by atoms with van der Waals surface area (Å²) in [5.41, 5.74) is 1.62. The summed E-state index contributed by atoms with van der Waals surface area (Å²) in [5, 5.41) is 3.27. The van der Waals surface area contributed by atoms with E-state index >= 15 is 0 Å². The number of hydrogen-bond acceptors (Lipinski definition) is 4. The van der Waals surface area contributed by atoms with Gasteiger partial charge in [-0.25, -0.2) is 9.97 Å². The topological polar surface area (TPSA) is 58.1 Å². The summed E-state index contributed by atoms with van der Waals surface area (Å²) in [6, 6.07) is 0. The van der Waals surface area contributed by atoms with Crippen molar-refractivity contribution in [1.29, 1.82) is 0 Å². The van der Waals surface area contributed by atoms with Crippen LogP contribution < -0.4 is 5.32 Å². The Morgan fingerprint density at radius 1 is 1.28 bits per heavy atom. The van der Waals surface area contributed by atoms with Gasteiger partial charge in [-0.05, 0) is 26.7 Å². The number of carbonyl (C=O) groups is 1. The van der Waals surface area contributed by atoms with E-state index in [1.165, 1.54) is 0 Å². The SMILES string of the molecule is Cc1nc(Cl)c(NCC(=O)N2CCCC2)nc1C. The van der Waals surface area contributed by atoms with Crippen molar-refractivity contribution in [2.24, 2.45) is 0 Å². The number of anilines is 1. The molecule has 1 amide bonds. The number of carbonyl (C=O) groups excluding carboxylic acids is 1. The Kier molecular flexibility index (Phi) is 4.01. The van der Waals surface area contributed by atoms with E-state index in [0.717, 1.165) is 37.3 Å². The van der Waals surface area contributed by atoms with E-state index in [1.807, 2.05) is 18.7 Å². The Balaban J connectivity index is 1.97. The van der Waals surface area contributed by atoms with Gasteiger partial charge in [0, 0.05) is 13.1 Å². The lowest BCUT2D eigenvalue weighted by atomic mass is 10.3. The zero-order chi connectivity index (χ0) is 13.1. The molecule has 0 saturated carbocycles. The van der Waals surface area contributed by atoms with E-state index in [9.17, 15) is 4.79 Å². The molecule has 98 valence electrons. The van der Waals surface area contributed by atoms with Crippen LogP contribution in [0.3, 0.4) is 0 Å². The van der Waals surface area contributed by atoms with Crippen LogP contribution in [0.15, 0.2) is 0 Å². The number of halogens is 1. The lowest BCUT2D eigenvalue weighted by Gasteiger charge is -2.16. The molecule has 5 nitrogen and oxygen atoms in total. The van der Waals surface area contributed by atoms with E-state index in [2.05, 4.69) is 15.3 Å². The molecule has 1 aromatic rings. The van der Waals surface area contributed by atoms with Gasteiger partial charge >= 0.3 is 0 Å². The number of amides is 1. The summed E-state index contributed by atoms with van der Waals surface area (Å²) in [6.07, 6.45) is 2.19. The van der Waals surface area contributed by atoms with E-state index in [0.29, 0.717) is 11.0 Å². The first-order chi connectivity index (χ1) is 8.58. The number of aryl methyl sites for hydroxylation is 2. The second-order valence-corrected chi connectivity index (χ2v) is 4.83. The highest BCUT2D eigenvalue weighted by Crippen LogP contribution is 2.18. The lowest BCUT2D eigenvalue weighted by Crippen LogP contribution is -2.33. The largest absolute Gasteiger partial charge is 0.358 e. The standard InChI is InChI=1S/C12H17ClN4O/c1-8-9(2)16-12(11(13)15-8)14-7-10(18)17-5-3-4-6-17/h3-7H2,1-2H3,(H,14,16). The molecule has 0 radical (unpaired) electrons. The molecule has 1 aliphatic rings. The summed E-state index contributed by atoms with van der Waals surface area (Å²) in [6.45, 7) is 5.65. The van der Waals surface area contributed by atoms with Crippen LogP contribution in [-0.2, 0) is 4.79 Å². The predicted octanol–water partition coefficient (Wildman–Crippen LogP) is 1.78. The normalized spacial score (nSPS) is 14.9. The van der Waals surface area contributed by atoms with Crippen molar-refractivity contribution >= 4 is 23.3 Å². The number of nitrogens with zero attached hydrogens (tertiary/aromatic N) is 3. The maximum atomic E-state index is 11.9. The van der Waals surface area contributed by atoms with Crippen molar-refractivity contribution in [2.45, 2.75) is 26.7 Å². The van der Waals surface area contributed by atoms with Crippen LogP contribution in [0.1, 0.15) is 24.2 Å². The second-order valence-electron chi connectivity index (χ2n) is 4.48. The summed E-state index contributed by atoms with van der Waals surface area (Å²) < 4.78 is 0. The highest BCUT2D eigenvalue weighted by atomic mass is 35.5. The number of rotatable bonds is 3. The van der Waals surface area contributed by atoms with Gasteiger partial charge in [0.25, 0.3) is 0 Å². The Morgan fingerprint density at radius 3 is 2.56 bits per heavy atom. The first-order valence-corrected chi connectivity index (χ1v) is 6.48. The fourth-order valence-corrected chi connectivity index (χ4v) is 2.16. The van der Waals surface area contributed by atoms with Crippen LogP contribution in [-0.4, -0.2) is 40.4 Å². The Hall–Kier alpha value is -1.36. The van der Waals surface area contributed by atoms with Crippen molar-refractivity contribution in [3.8, 4) is 0 Å². The predicted molar refractivity (Wildman–Crippen MR) is 70.8 cm³/mol. The van der Waals surface area contributed by atoms with Gasteiger partial charge in [0.15, 0.2) is 11.0 Å². The smallest absolute Gasteiger partial charge is 0.241 e. The molecule has 0 aromatic carbocycles. The first-order valence-electron chi connectivity index (χ1n) is 6.10. The highest BCUT2D eigenvalue weighted by Gasteiger charge is 2.18. The number of aromatic nitrogens is 2. The maximum absolute atomic E-state index is 11.9. The summed E-state index contributed by atoms with van der Waals surface area (Å²) >= 11 is 5.98. The molecule has 1 aliphatic heterocycles. The molecule has 6 heteroatoms. The van der Waals surface area contributed by atoms with Crippen molar-refractivity contribution in [2.75, 3.05) is 25.0 Å². The van der Waals surface area contributed by atoms with Gasteiger partial charge < -0.3 is 10.2 Å². The van der Waals surface area contributed by atoms with Gasteiger partial charge in [0.2, 0.25) is 5.91 Å². The summed E-state index contributed by atoms with van der Waals surface area (Å²) in [7, 11) is 0. The van der Waals surface area contributed by atoms with Crippen LogP contribution in [0, 0.1) is 13.8 Å². The van der Waals surface area contributed by atoms with Gasteiger partial charge in [0.05, 0.1) is 17.9 Å². The minimum Gasteiger partial charge on any atom is -0.358 e. The third-order valence-electron chi connectivity index (χ3n) is 3.13. The number of hydrogen-bond donors (Lipinski definition) is 1. The van der Waals surface area contributed by atoms with E-state index in [4.69, 9.17) is 11.6 Å². The molecule has 1 N–H and O–H groups in total. The van der Waals surface area contributed by atoms with Crippen LogP contribution in [0.25, 0.3) is 0 Å². The molecule has 2 heterocycles. The van der Waals surface area contributed by atoms with Gasteiger partial charge in [-0.1, -0.05) is 11.6 Å². The minimum atomic E-state index is 0.0867. The van der Waals surface area contributed by atoms with E-state index in [-0.39, 0.29) is 12.5 Å². The lowest BCUT2D eigenvalue weighted by molar-refractivity contribution is -0.128. The van der Waals surface area contributed by atoms with Crippen LogP contribution in [0.2, 0.25) is 5.15 Å². The average molecular weight is 269 g/mol. The summed E-state index contributed by atoms with van der Waals surface area (Å²) in [4.78, 5) is 22.2. The molecule has 0 spiro atoms. The zero-order valence-corrected chi connectivity index (χ0v) is 11.4. The van der Waals surface area contributed by atoms with Gasteiger partial charge in [-0.3, -0.25) is 4.79 Å². The van der Waals surface area contributed by atoms with Gasteiger partial charge in [-0.2, -0.15) is 0 Å². The molecule has 1 saturated heterocycles. The Morgan fingerprint density at radius 2 is 1.89 bits per heavy atom. The van der Waals surface area contributed by atoms with Crippen molar-refractivity contribution < 1.29 is 4.79 Å². The monoisotopic (exact) mass is 268 g/mol. The van der Waals surface area contributed by atoms with Gasteiger partial charge in [0.1, 0.15) is 0 Å². The number of nitrogens with one attached hydrogen (secondary N) is 1. The summed E-state index contributed by atoms with van der Waals surface area (Å²) in [5.74, 6) is 0.566. The zero-order valence-electron chi connectivity index (χ0n) is 10.7. The van der Waals surface area contributed by atoms with Crippen molar-refractivity contribution in [3.63, 3.8) is 0 Å². The Bertz CT molecular complexity index is 458. The molecular formula is C12H17ClN4O. The quantitative estimate of drug-likeness (QED) is 0.908. The molecule has 18 heavy (non-hydrogen) atoms. The molecular weight excluding hydrogens is 252 g/mol. The highest BCUT2D eigenvalue weighted by molar-refractivity contribution is 6.31. The van der Waals surface area contributed by atoms with Crippen LogP contribution >= 0.6 is 11.6 Å². The average Bonchev–Trinajstić information content (AvgIpc) is 2.85. The molecule has 2 rings (SSSR count). The first kappa shape index (κ1) is 13.1. The Labute approximate surface area is 112 Å². The molecule has 0 atom stereocenters. The molecule has 0 unspecified atom stereocenters. The molecule has 1 fully saturated rings. The van der Waals surface area contributed by atoms with Crippen LogP contribution in [0.5, 0.6) is 0 Å². The second kappa shape index (κ2) is 5.52. The molecule has 0 bridgehead atoms. The third kappa shape index (κ3) is 2.90. The maximum Gasteiger partial charge on any atom is 0.241 e. The van der Waals surface area contributed by atoms with Crippen molar-refractivity contribution in [1.82, 2.24) is 14.9 Å². The van der Waals surface area contributed by atoms with Crippen molar-refractivity contribution in [3.05, 3.63) is 16.5 Å². The third-order valence-corrected chi connectivity index (χ3v) is 3.39. The molecule has 1 aromatic heterocycles. The fourth-order valence-electron chi connectivity index (χ4n) is 1.93. The fraction of sp³-hybridized carbons (Fsp3) is 0.583. The number of likely N-dealkylation sites (tertiary alicyclic amines) is 1. The minimum absolute atomic E-state index is 0.0867. The molecule has 0 aliphatic carbocycles. The van der Waals surface area contributed by atoms with E-state index < -0.39 is 0 Å².